The lowest BCUT2D eigenvalue weighted by molar-refractivity contribution is 0.222. The molecule has 0 spiro atoms. The highest BCUT2D eigenvalue weighted by Gasteiger charge is 2.23. The first-order chi connectivity index (χ1) is 15.0. The Labute approximate surface area is 186 Å². The number of hydrogen-bond acceptors (Lipinski definition) is 5. The molecule has 2 aromatic heterocycles. The second-order valence-electron chi connectivity index (χ2n) is 8.72. The average Bonchev–Trinajstić information content (AvgIpc) is 3.23. The second-order valence-corrected chi connectivity index (χ2v) is 9.15. The number of rotatable bonds is 4. The lowest BCUT2D eigenvalue weighted by Gasteiger charge is -2.30. The van der Waals surface area contributed by atoms with Gasteiger partial charge < -0.3 is 14.3 Å². The summed E-state index contributed by atoms with van der Waals surface area (Å²) in [6.07, 6.45) is 3.18. The number of anilines is 1. The Kier molecular flexibility index (Phi) is 5.59. The predicted octanol–water partition coefficient (Wildman–Crippen LogP) is 4.48. The molecule has 31 heavy (non-hydrogen) atoms. The molecule has 0 unspecified atom stereocenters. The first-order valence-electron chi connectivity index (χ1n) is 11.0. The highest BCUT2D eigenvalue weighted by molar-refractivity contribution is 6.30. The molecule has 5 rings (SSSR count). The summed E-state index contributed by atoms with van der Waals surface area (Å²) >= 11 is 5.97. The number of aromatic nitrogens is 2. The quantitative estimate of drug-likeness (QED) is 0.650. The van der Waals surface area contributed by atoms with Crippen LogP contribution in [0.25, 0.3) is 11.4 Å². The van der Waals surface area contributed by atoms with Gasteiger partial charge in [0.25, 0.3) is 5.56 Å². The van der Waals surface area contributed by atoms with Crippen LogP contribution in [-0.2, 0) is 19.5 Å². The van der Waals surface area contributed by atoms with Crippen molar-refractivity contribution < 1.29 is 4.42 Å². The summed E-state index contributed by atoms with van der Waals surface area (Å²) in [5.41, 5.74) is 2.43. The molecule has 2 aliphatic rings. The van der Waals surface area contributed by atoms with Gasteiger partial charge in [-0.15, -0.1) is 0 Å². The third-order valence-corrected chi connectivity index (χ3v) is 6.64. The van der Waals surface area contributed by atoms with Crippen molar-refractivity contribution in [3.63, 3.8) is 0 Å². The first-order valence-corrected chi connectivity index (χ1v) is 11.4. The van der Waals surface area contributed by atoms with Crippen molar-refractivity contribution in [2.45, 2.75) is 39.3 Å². The van der Waals surface area contributed by atoms with Crippen LogP contribution in [0.1, 0.15) is 36.8 Å². The van der Waals surface area contributed by atoms with Gasteiger partial charge in [-0.25, -0.2) is 4.98 Å². The number of hydrogen-bond donors (Lipinski definition) is 1. The zero-order chi connectivity index (χ0) is 21.4. The minimum atomic E-state index is -0.0674. The SMILES string of the molecule is CC1CCN(c2ccc(CN3CCc4nc(-c5ccc(Cl)cc5)[nH]c(=O)c4C3)o2)CC1. The summed E-state index contributed by atoms with van der Waals surface area (Å²) in [5.74, 6) is 3.30. The Morgan fingerprint density at radius 3 is 2.68 bits per heavy atom. The fourth-order valence-electron chi connectivity index (χ4n) is 4.43. The van der Waals surface area contributed by atoms with E-state index in [1.54, 1.807) is 12.1 Å². The van der Waals surface area contributed by atoms with Crippen LogP contribution in [0.3, 0.4) is 0 Å². The lowest BCUT2D eigenvalue weighted by Crippen LogP contribution is -2.35. The lowest BCUT2D eigenvalue weighted by atomic mass is 9.99. The summed E-state index contributed by atoms with van der Waals surface area (Å²) in [6, 6.07) is 11.5. The fourth-order valence-corrected chi connectivity index (χ4v) is 4.56. The van der Waals surface area contributed by atoms with Gasteiger partial charge in [-0.3, -0.25) is 9.69 Å². The molecule has 4 heterocycles. The smallest absolute Gasteiger partial charge is 0.255 e. The molecule has 0 saturated carbocycles. The van der Waals surface area contributed by atoms with Crippen LogP contribution in [0.5, 0.6) is 0 Å². The summed E-state index contributed by atoms with van der Waals surface area (Å²) in [7, 11) is 0. The molecule has 1 fully saturated rings. The van der Waals surface area contributed by atoms with E-state index in [9.17, 15) is 4.79 Å². The van der Waals surface area contributed by atoms with Crippen molar-refractivity contribution in [2.24, 2.45) is 5.92 Å². The molecule has 7 heteroatoms. The maximum Gasteiger partial charge on any atom is 0.255 e. The van der Waals surface area contributed by atoms with Crippen LogP contribution in [0, 0.1) is 5.92 Å². The number of furan rings is 1. The number of halogens is 1. The van der Waals surface area contributed by atoms with E-state index in [-0.39, 0.29) is 5.56 Å². The van der Waals surface area contributed by atoms with E-state index in [4.69, 9.17) is 21.0 Å². The van der Waals surface area contributed by atoms with E-state index >= 15 is 0 Å². The van der Waals surface area contributed by atoms with Gasteiger partial charge in [-0.1, -0.05) is 18.5 Å². The van der Waals surface area contributed by atoms with E-state index in [2.05, 4.69) is 33.8 Å². The Morgan fingerprint density at radius 1 is 1.13 bits per heavy atom. The maximum atomic E-state index is 12.8. The van der Waals surface area contributed by atoms with Gasteiger partial charge in [0.1, 0.15) is 11.6 Å². The largest absolute Gasteiger partial charge is 0.444 e. The molecule has 0 bridgehead atoms. The standard InChI is InChI=1S/C24H27ClN4O2/c1-16-8-12-29(13-9-16)22-7-6-19(31-22)14-28-11-10-21-20(15-28)24(30)27-23(26-21)17-2-4-18(25)5-3-17/h2-7,16H,8-15H2,1H3,(H,26,27,30). The highest BCUT2D eigenvalue weighted by atomic mass is 35.5. The van der Waals surface area contributed by atoms with Crippen molar-refractivity contribution in [1.29, 1.82) is 0 Å². The van der Waals surface area contributed by atoms with Crippen molar-refractivity contribution in [1.82, 2.24) is 14.9 Å². The number of fused-ring (bicyclic) bond motifs is 1. The summed E-state index contributed by atoms with van der Waals surface area (Å²) in [4.78, 5) is 25.0. The number of H-pyrrole nitrogens is 1. The third kappa shape index (κ3) is 4.41. The van der Waals surface area contributed by atoms with E-state index in [0.29, 0.717) is 23.9 Å². The van der Waals surface area contributed by atoms with Crippen LogP contribution < -0.4 is 10.5 Å². The summed E-state index contributed by atoms with van der Waals surface area (Å²) < 4.78 is 6.14. The van der Waals surface area contributed by atoms with E-state index in [1.165, 1.54) is 12.8 Å². The van der Waals surface area contributed by atoms with Gasteiger partial charge in [-0.05, 0) is 49.1 Å². The topological polar surface area (TPSA) is 65.4 Å². The van der Waals surface area contributed by atoms with Crippen LogP contribution >= 0.6 is 11.6 Å². The normalized spacial score (nSPS) is 17.7. The summed E-state index contributed by atoms with van der Waals surface area (Å²) in [6.45, 7) is 6.55. The van der Waals surface area contributed by atoms with Gasteiger partial charge in [-0.2, -0.15) is 0 Å². The number of nitrogens with one attached hydrogen (secondary N) is 1. The number of piperidine rings is 1. The molecular formula is C24H27ClN4O2. The third-order valence-electron chi connectivity index (χ3n) is 6.39. The van der Waals surface area contributed by atoms with Crippen molar-refractivity contribution in [2.75, 3.05) is 24.5 Å². The zero-order valence-electron chi connectivity index (χ0n) is 17.7. The maximum absolute atomic E-state index is 12.8. The molecule has 0 aliphatic carbocycles. The molecule has 6 nitrogen and oxygen atoms in total. The number of nitrogens with zero attached hydrogens (tertiary/aromatic N) is 3. The molecule has 162 valence electrons. The Bertz CT molecular complexity index is 1110. The molecule has 0 atom stereocenters. The molecule has 1 N–H and O–H groups in total. The Balaban J connectivity index is 1.28. The minimum Gasteiger partial charge on any atom is -0.444 e. The summed E-state index contributed by atoms with van der Waals surface area (Å²) in [5, 5.41) is 0.663. The Hall–Kier alpha value is -2.57. The van der Waals surface area contributed by atoms with E-state index in [0.717, 1.165) is 60.4 Å². The molecule has 1 aromatic carbocycles. The molecule has 2 aliphatic heterocycles. The molecular weight excluding hydrogens is 412 g/mol. The molecule has 0 amide bonds. The predicted molar refractivity (Wildman–Crippen MR) is 122 cm³/mol. The number of aromatic amines is 1. The second kappa shape index (κ2) is 8.52. The monoisotopic (exact) mass is 438 g/mol. The van der Waals surface area contributed by atoms with Crippen LogP contribution in [0.2, 0.25) is 5.02 Å². The first kappa shape index (κ1) is 20.3. The van der Waals surface area contributed by atoms with Gasteiger partial charge in [0, 0.05) is 49.3 Å². The molecule has 3 aromatic rings. The highest BCUT2D eigenvalue weighted by Crippen LogP contribution is 2.26. The fraction of sp³-hybridized carbons (Fsp3) is 0.417. The van der Waals surface area contributed by atoms with Gasteiger partial charge in [0.15, 0.2) is 5.88 Å². The van der Waals surface area contributed by atoms with Gasteiger partial charge >= 0.3 is 0 Å². The van der Waals surface area contributed by atoms with Gasteiger partial charge in [0.05, 0.1) is 17.8 Å². The molecule has 0 radical (unpaired) electrons. The zero-order valence-corrected chi connectivity index (χ0v) is 18.5. The van der Waals surface area contributed by atoms with E-state index in [1.807, 2.05) is 12.1 Å². The molecule has 1 saturated heterocycles. The van der Waals surface area contributed by atoms with Crippen molar-refractivity contribution in [3.8, 4) is 11.4 Å². The van der Waals surface area contributed by atoms with Crippen molar-refractivity contribution in [3.05, 3.63) is 68.8 Å². The van der Waals surface area contributed by atoms with Gasteiger partial charge in [0.2, 0.25) is 0 Å². The Morgan fingerprint density at radius 2 is 1.90 bits per heavy atom. The van der Waals surface area contributed by atoms with Crippen molar-refractivity contribution >= 4 is 17.5 Å². The van der Waals surface area contributed by atoms with E-state index < -0.39 is 0 Å². The minimum absolute atomic E-state index is 0.0674. The van der Waals surface area contributed by atoms with Crippen LogP contribution in [0.15, 0.2) is 45.6 Å². The van der Waals surface area contributed by atoms with Crippen LogP contribution in [0.4, 0.5) is 5.88 Å². The van der Waals surface area contributed by atoms with Crippen LogP contribution in [-0.4, -0.2) is 34.5 Å². The number of benzene rings is 1. The average molecular weight is 439 g/mol.